The maximum atomic E-state index is 13.1. The third-order valence-corrected chi connectivity index (χ3v) is 5.49. The molecule has 0 radical (unpaired) electrons. The van der Waals surface area contributed by atoms with Crippen molar-refractivity contribution in [2.75, 3.05) is 11.2 Å². The molecule has 0 aliphatic rings. The number of nitrogens with one attached hydrogen (secondary N) is 1. The number of nitrogen functional groups attached to an aromatic ring is 1. The molecule has 0 bridgehead atoms. The number of carbonyl (C=O) groups excluding carboxylic acids is 1. The molecule has 1 aromatic heterocycles. The standard InChI is InChI=1S/C21H18FN5OS/c1-13(20(28)24-18-11-8-14-4-2-3-5-16(14)12-18)29-21-26-25-19(27(21)23)15-6-9-17(22)10-7-15/h2-13H,23H2,1H3,(H,24,28)/t13-/m0/s1. The van der Waals surface area contributed by atoms with Crippen LogP contribution >= 0.6 is 11.8 Å². The molecule has 0 saturated carbocycles. The number of halogens is 1. The number of aromatic nitrogens is 3. The average Bonchev–Trinajstić information content (AvgIpc) is 3.08. The fraction of sp³-hybridized carbons (Fsp3) is 0.0952. The molecular formula is C21H18FN5OS. The topological polar surface area (TPSA) is 85.8 Å². The Balaban J connectivity index is 1.46. The van der Waals surface area contributed by atoms with Gasteiger partial charge in [0.15, 0.2) is 5.82 Å². The number of thioether (sulfide) groups is 1. The predicted molar refractivity (Wildman–Crippen MR) is 113 cm³/mol. The van der Waals surface area contributed by atoms with Gasteiger partial charge in [-0.2, -0.15) is 0 Å². The van der Waals surface area contributed by atoms with Crippen molar-refractivity contribution in [1.82, 2.24) is 14.9 Å². The van der Waals surface area contributed by atoms with E-state index >= 15 is 0 Å². The van der Waals surface area contributed by atoms with Crippen molar-refractivity contribution in [2.45, 2.75) is 17.3 Å². The molecule has 0 aliphatic heterocycles. The van der Waals surface area contributed by atoms with E-state index < -0.39 is 5.25 Å². The Morgan fingerprint density at radius 3 is 2.55 bits per heavy atom. The Labute approximate surface area is 170 Å². The molecular weight excluding hydrogens is 389 g/mol. The largest absolute Gasteiger partial charge is 0.335 e. The Morgan fingerprint density at radius 2 is 1.79 bits per heavy atom. The minimum atomic E-state index is -0.450. The predicted octanol–water partition coefficient (Wildman–Crippen LogP) is 4.07. The van der Waals surface area contributed by atoms with E-state index in [0.717, 1.165) is 16.5 Å². The first-order valence-corrected chi connectivity index (χ1v) is 9.82. The van der Waals surface area contributed by atoms with Gasteiger partial charge in [0, 0.05) is 11.3 Å². The van der Waals surface area contributed by atoms with Gasteiger partial charge < -0.3 is 11.2 Å². The van der Waals surface area contributed by atoms with Crippen LogP contribution in [0.25, 0.3) is 22.2 Å². The Morgan fingerprint density at radius 1 is 1.07 bits per heavy atom. The van der Waals surface area contributed by atoms with Crippen LogP contribution in [0.5, 0.6) is 0 Å². The van der Waals surface area contributed by atoms with E-state index in [-0.39, 0.29) is 11.7 Å². The molecule has 6 nitrogen and oxygen atoms in total. The zero-order chi connectivity index (χ0) is 20.4. The monoisotopic (exact) mass is 407 g/mol. The quantitative estimate of drug-likeness (QED) is 0.385. The number of anilines is 1. The number of benzene rings is 3. The van der Waals surface area contributed by atoms with Crippen molar-refractivity contribution >= 4 is 34.1 Å². The van der Waals surface area contributed by atoms with Crippen molar-refractivity contribution in [2.24, 2.45) is 0 Å². The molecule has 0 saturated heterocycles. The van der Waals surface area contributed by atoms with Crippen LogP contribution in [0.15, 0.2) is 71.9 Å². The normalized spacial score (nSPS) is 12.1. The third-order valence-electron chi connectivity index (χ3n) is 4.44. The first-order chi connectivity index (χ1) is 14.0. The maximum Gasteiger partial charge on any atom is 0.237 e. The molecule has 4 aromatic rings. The molecule has 0 aliphatic carbocycles. The number of nitrogens with zero attached hydrogens (tertiary/aromatic N) is 3. The van der Waals surface area contributed by atoms with Crippen LogP contribution in [0.2, 0.25) is 0 Å². The summed E-state index contributed by atoms with van der Waals surface area (Å²) in [4.78, 5) is 12.6. The maximum absolute atomic E-state index is 13.1. The van der Waals surface area contributed by atoms with Crippen LogP contribution in [0.3, 0.4) is 0 Å². The third kappa shape index (κ3) is 4.07. The summed E-state index contributed by atoms with van der Waals surface area (Å²) in [7, 11) is 0. The van der Waals surface area contributed by atoms with Crippen LogP contribution in [0.4, 0.5) is 10.1 Å². The Kier molecular flexibility index (Phi) is 5.18. The molecule has 1 atom stereocenters. The number of rotatable bonds is 5. The molecule has 29 heavy (non-hydrogen) atoms. The zero-order valence-electron chi connectivity index (χ0n) is 15.5. The fourth-order valence-corrected chi connectivity index (χ4v) is 3.65. The molecule has 3 N–H and O–H groups in total. The Bertz CT molecular complexity index is 1180. The highest BCUT2D eigenvalue weighted by Gasteiger charge is 2.20. The highest BCUT2D eigenvalue weighted by molar-refractivity contribution is 8.00. The van der Waals surface area contributed by atoms with Crippen LogP contribution < -0.4 is 11.2 Å². The number of hydrogen-bond acceptors (Lipinski definition) is 5. The van der Waals surface area contributed by atoms with E-state index in [4.69, 9.17) is 5.84 Å². The van der Waals surface area contributed by atoms with E-state index in [1.54, 1.807) is 19.1 Å². The molecule has 3 aromatic carbocycles. The summed E-state index contributed by atoms with van der Waals surface area (Å²) in [5, 5.41) is 13.1. The summed E-state index contributed by atoms with van der Waals surface area (Å²) in [6.45, 7) is 1.77. The average molecular weight is 407 g/mol. The van der Waals surface area contributed by atoms with Crippen molar-refractivity contribution in [3.8, 4) is 11.4 Å². The molecule has 0 unspecified atom stereocenters. The lowest BCUT2D eigenvalue weighted by Crippen LogP contribution is -2.23. The van der Waals surface area contributed by atoms with Gasteiger partial charge in [0.05, 0.1) is 5.25 Å². The van der Waals surface area contributed by atoms with Gasteiger partial charge in [-0.05, 0) is 54.1 Å². The summed E-state index contributed by atoms with van der Waals surface area (Å²) in [6.07, 6.45) is 0. The molecule has 1 amide bonds. The zero-order valence-corrected chi connectivity index (χ0v) is 16.4. The number of nitrogens with two attached hydrogens (primary N) is 1. The highest BCUT2D eigenvalue weighted by Crippen LogP contribution is 2.26. The molecule has 146 valence electrons. The van der Waals surface area contributed by atoms with E-state index in [0.29, 0.717) is 16.5 Å². The fourth-order valence-electron chi connectivity index (χ4n) is 2.88. The molecule has 8 heteroatoms. The van der Waals surface area contributed by atoms with E-state index in [2.05, 4.69) is 15.5 Å². The van der Waals surface area contributed by atoms with Crippen molar-refractivity contribution in [3.05, 3.63) is 72.5 Å². The highest BCUT2D eigenvalue weighted by atomic mass is 32.2. The smallest absolute Gasteiger partial charge is 0.237 e. The molecule has 1 heterocycles. The first kappa shape index (κ1) is 18.9. The number of carbonyl (C=O) groups is 1. The van der Waals surface area contributed by atoms with Gasteiger partial charge in [-0.3, -0.25) is 4.79 Å². The van der Waals surface area contributed by atoms with E-state index in [9.17, 15) is 9.18 Å². The molecule has 4 rings (SSSR count). The van der Waals surface area contributed by atoms with Gasteiger partial charge in [-0.15, -0.1) is 10.2 Å². The van der Waals surface area contributed by atoms with Gasteiger partial charge in [-0.25, -0.2) is 9.07 Å². The van der Waals surface area contributed by atoms with Crippen LogP contribution in [0.1, 0.15) is 6.92 Å². The second kappa shape index (κ2) is 7.92. The van der Waals surface area contributed by atoms with Crippen LogP contribution in [-0.4, -0.2) is 26.0 Å². The number of hydrogen-bond donors (Lipinski definition) is 2. The molecule has 0 spiro atoms. The lowest BCUT2D eigenvalue weighted by Gasteiger charge is -2.12. The second-order valence-electron chi connectivity index (χ2n) is 6.49. The number of amides is 1. The SMILES string of the molecule is C[C@H](Sc1nnc(-c2ccc(F)cc2)n1N)C(=O)Nc1ccc2ccccc2c1. The van der Waals surface area contributed by atoms with Gasteiger partial charge in [-0.1, -0.05) is 42.1 Å². The van der Waals surface area contributed by atoms with Crippen molar-refractivity contribution < 1.29 is 9.18 Å². The molecule has 0 fully saturated rings. The van der Waals surface area contributed by atoms with Gasteiger partial charge >= 0.3 is 0 Å². The van der Waals surface area contributed by atoms with Gasteiger partial charge in [0.1, 0.15) is 5.82 Å². The van der Waals surface area contributed by atoms with E-state index in [1.807, 2.05) is 42.5 Å². The summed E-state index contributed by atoms with van der Waals surface area (Å²) in [6, 6.07) is 19.5. The Hall–Kier alpha value is -3.39. The van der Waals surface area contributed by atoms with Crippen molar-refractivity contribution in [1.29, 1.82) is 0 Å². The van der Waals surface area contributed by atoms with E-state index in [1.165, 1.54) is 28.6 Å². The van der Waals surface area contributed by atoms with Crippen LogP contribution in [0, 0.1) is 5.82 Å². The summed E-state index contributed by atoms with van der Waals surface area (Å²) in [5.41, 5.74) is 1.36. The summed E-state index contributed by atoms with van der Waals surface area (Å²) >= 11 is 1.20. The number of fused-ring (bicyclic) bond motifs is 1. The summed E-state index contributed by atoms with van der Waals surface area (Å²) in [5.74, 6) is 5.97. The minimum Gasteiger partial charge on any atom is -0.335 e. The van der Waals surface area contributed by atoms with Gasteiger partial charge in [0.25, 0.3) is 0 Å². The summed E-state index contributed by atoms with van der Waals surface area (Å²) < 4.78 is 14.4. The van der Waals surface area contributed by atoms with Gasteiger partial charge in [0.2, 0.25) is 11.1 Å². The lowest BCUT2D eigenvalue weighted by molar-refractivity contribution is -0.115. The van der Waals surface area contributed by atoms with Crippen LogP contribution in [-0.2, 0) is 4.79 Å². The second-order valence-corrected chi connectivity index (χ2v) is 7.80. The van der Waals surface area contributed by atoms with Crippen molar-refractivity contribution in [3.63, 3.8) is 0 Å². The lowest BCUT2D eigenvalue weighted by atomic mass is 10.1. The minimum absolute atomic E-state index is 0.170. The first-order valence-electron chi connectivity index (χ1n) is 8.94.